The number of carboxylic acid groups (broad SMARTS) is 1. The van der Waals surface area contributed by atoms with Crippen LogP contribution in [0, 0.1) is 0 Å². The minimum atomic E-state index is -1.05. The predicted molar refractivity (Wildman–Crippen MR) is 266 cm³/mol. The van der Waals surface area contributed by atoms with Gasteiger partial charge in [0.15, 0.2) is 11.6 Å². The van der Waals surface area contributed by atoms with Crippen LogP contribution in [0.3, 0.4) is 0 Å². The van der Waals surface area contributed by atoms with Crippen LogP contribution in [0.25, 0.3) is 44.1 Å². The molecule has 3 amide bonds. The van der Waals surface area contributed by atoms with Crippen LogP contribution >= 0.6 is 0 Å². The van der Waals surface area contributed by atoms with E-state index in [1.165, 1.54) is 4.90 Å². The first-order chi connectivity index (χ1) is 32.7. The Morgan fingerprint density at radius 1 is 0.603 bits per heavy atom. The molecule has 68 heavy (non-hydrogen) atoms. The van der Waals surface area contributed by atoms with Gasteiger partial charge in [-0.25, -0.2) is 14.8 Å². The lowest BCUT2D eigenvalue weighted by Gasteiger charge is -2.33. The summed E-state index contributed by atoms with van der Waals surface area (Å²) < 4.78 is 5.87. The second-order valence-corrected chi connectivity index (χ2v) is 16.9. The number of rotatable bonds is 12. The first kappa shape index (κ1) is 45.5. The molecule has 5 aromatic carbocycles. The number of nitrogens with two attached hydrogens (primary N) is 2. The number of fused-ring (bicyclic) bond motifs is 2. The van der Waals surface area contributed by atoms with E-state index in [0.717, 1.165) is 60.9 Å². The Hall–Kier alpha value is -9.05. The Bertz CT molecular complexity index is 3250. The van der Waals surface area contributed by atoms with Gasteiger partial charge in [-0.1, -0.05) is 66.7 Å². The number of ether oxygens (including phenoxy) is 1. The lowest BCUT2D eigenvalue weighted by molar-refractivity contribution is -0.116. The maximum Gasteiger partial charge on any atom is 0.412 e. The van der Waals surface area contributed by atoms with Crippen LogP contribution in [0.1, 0.15) is 37.5 Å². The summed E-state index contributed by atoms with van der Waals surface area (Å²) >= 11 is 0. The number of nitrogens with one attached hydrogen (secondary N) is 4. The van der Waals surface area contributed by atoms with Gasteiger partial charge in [-0.05, 0) is 133 Å². The van der Waals surface area contributed by atoms with E-state index in [0.29, 0.717) is 41.1 Å². The van der Waals surface area contributed by atoms with Gasteiger partial charge in [0.2, 0.25) is 11.8 Å². The first-order valence-electron chi connectivity index (χ1n) is 21.6. The van der Waals surface area contributed by atoms with Crippen LogP contribution in [0.5, 0.6) is 5.75 Å². The lowest BCUT2D eigenvalue weighted by Crippen LogP contribution is -2.45. The summed E-state index contributed by atoms with van der Waals surface area (Å²) in [5, 5.41) is 30.8. The number of hydrogen-bond acceptors (Lipinski definition) is 10. The van der Waals surface area contributed by atoms with Gasteiger partial charge in [-0.3, -0.25) is 24.7 Å². The summed E-state index contributed by atoms with van der Waals surface area (Å²) in [4.78, 5) is 47.0. The molecule has 0 aliphatic heterocycles. The van der Waals surface area contributed by atoms with Gasteiger partial charge in [-0.2, -0.15) is 10.2 Å². The molecule has 4 aromatic heterocycles. The second kappa shape index (κ2) is 20.0. The van der Waals surface area contributed by atoms with E-state index >= 15 is 0 Å². The number of nitrogen functional groups attached to an aromatic ring is 2. The molecular weight excluding hydrogens is 859 g/mol. The van der Waals surface area contributed by atoms with Crippen LogP contribution in [-0.2, 0) is 29.0 Å². The highest BCUT2D eigenvalue weighted by atomic mass is 16.5. The van der Waals surface area contributed by atoms with Crippen LogP contribution < -0.4 is 31.7 Å². The molecule has 16 nitrogen and oxygen atoms in total. The summed E-state index contributed by atoms with van der Waals surface area (Å²) in [5.74, 6) is 2.10. The van der Waals surface area contributed by atoms with E-state index < -0.39 is 11.6 Å². The normalized spacial score (nSPS) is 11.1. The Morgan fingerprint density at radius 2 is 1.10 bits per heavy atom. The van der Waals surface area contributed by atoms with Gasteiger partial charge in [0, 0.05) is 34.4 Å². The van der Waals surface area contributed by atoms with Crippen molar-refractivity contribution in [2.45, 2.75) is 45.8 Å². The number of pyridine rings is 2. The number of H-pyrrole nitrogens is 2. The number of amides is 3. The molecule has 9 aromatic rings. The highest BCUT2D eigenvalue weighted by Gasteiger charge is 2.28. The average molecular weight is 908 g/mol. The highest BCUT2D eigenvalue weighted by Crippen LogP contribution is 2.30. The molecule has 16 heteroatoms. The average Bonchev–Trinajstić information content (AvgIpc) is 3.89. The van der Waals surface area contributed by atoms with Crippen molar-refractivity contribution in [3.63, 3.8) is 0 Å². The maximum absolute atomic E-state index is 12.7. The smallest absolute Gasteiger partial charge is 0.412 e. The number of hydrogen-bond donors (Lipinski definition) is 7. The number of aromatic amines is 2. The number of anilines is 5. The molecule has 4 heterocycles. The third-order valence-electron chi connectivity index (χ3n) is 10.8. The molecule has 0 aliphatic rings. The van der Waals surface area contributed by atoms with E-state index in [4.69, 9.17) is 16.2 Å². The maximum atomic E-state index is 12.7. The fourth-order valence-corrected chi connectivity index (χ4v) is 7.61. The molecule has 0 fully saturated rings. The van der Waals surface area contributed by atoms with E-state index in [2.05, 4.69) is 41.0 Å². The third kappa shape index (κ3) is 11.2. The van der Waals surface area contributed by atoms with Crippen LogP contribution in [0.4, 0.5) is 33.8 Å². The largest absolute Gasteiger partial charge is 0.489 e. The third-order valence-corrected chi connectivity index (χ3v) is 10.8. The van der Waals surface area contributed by atoms with Crippen molar-refractivity contribution < 1.29 is 24.2 Å². The predicted octanol–water partition coefficient (Wildman–Crippen LogP) is 9.64. The Labute approximate surface area is 391 Å². The van der Waals surface area contributed by atoms with Gasteiger partial charge in [0.1, 0.15) is 24.0 Å². The van der Waals surface area contributed by atoms with Gasteiger partial charge in [-0.15, -0.1) is 0 Å². The molecular formula is C52H49N11O5. The van der Waals surface area contributed by atoms with Crippen molar-refractivity contribution >= 4 is 68.7 Å². The van der Waals surface area contributed by atoms with Crippen molar-refractivity contribution in [3.8, 4) is 28.0 Å². The van der Waals surface area contributed by atoms with Gasteiger partial charge >= 0.3 is 6.09 Å². The zero-order valence-corrected chi connectivity index (χ0v) is 37.5. The van der Waals surface area contributed by atoms with Crippen LogP contribution in [0.2, 0.25) is 0 Å². The molecule has 0 spiro atoms. The molecule has 0 saturated heterocycles. The first-order valence-corrected chi connectivity index (χ1v) is 21.6. The SMILES string of the molecule is CC(C)(C)N(C(=O)O)c1cccc(CC(=O)Nc2cc(-c3ccc4[nH]nc(N)c4c3)ccn2)c1.Nc1n[nH]c2ccc(-c3ccnc(NC(=O)Cc4cccc(OCc5ccccc5)c4)c3)cc12. The summed E-state index contributed by atoms with van der Waals surface area (Å²) in [7, 11) is 0. The lowest BCUT2D eigenvalue weighted by atomic mass is 10.0. The second-order valence-electron chi connectivity index (χ2n) is 16.9. The van der Waals surface area contributed by atoms with Crippen molar-refractivity contribution in [2.24, 2.45) is 0 Å². The summed E-state index contributed by atoms with van der Waals surface area (Å²) in [6.45, 7) is 5.93. The van der Waals surface area contributed by atoms with Crippen molar-refractivity contribution in [1.29, 1.82) is 0 Å². The van der Waals surface area contributed by atoms with E-state index in [1.54, 1.807) is 42.7 Å². The number of carbonyl (C=O) groups excluding carboxylic acids is 2. The molecule has 0 saturated carbocycles. The van der Waals surface area contributed by atoms with Gasteiger partial charge in [0.05, 0.1) is 23.9 Å². The summed E-state index contributed by atoms with van der Waals surface area (Å²) in [6.07, 6.45) is 2.54. The number of nitrogens with zero attached hydrogens (tertiary/aromatic N) is 5. The molecule has 342 valence electrons. The number of carbonyl (C=O) groups is 3. The molecule has 9 rings (SSSR count). The van der Waals surface area contributed by atoms with Crippen LogP contribution in [-0.4, -0.2) is 58.9 Å². The Balaban J connectivity index is 0.000000184. The van der Waals surface area contributed by atoms with Crippen molar-refractivity contribution in [2.75, 3.05) is 27.0 Å². The van der Waals surface area contributed by atoms with Gasteiger partial charge < -0.3 is 31.9 Å². The molecule has 9 N–H and O–H groups in total. The Kier molecular flexibility index (Phi) is 13.4. The monoisotopic (exact) mass is 907 g/mol. The molecule has 0 bridgehead atoms. The minimum Gasteiger partial charge on any atom is -0.489 e. The quantitative estimate of drug-likeness (QED) is 0.0608. The van der Waals surface area contributed by atoms with E-state index in [1.807, 2.05) is 130 Å². The van der Waals surface area contributed by atoms with Crippen LogP contribution in [0.15, 0.2) is 152 Å². The molecule has 0 aliphatic carbocycles. The summed E-state index contributed by atoms with van der Waals surface area (Å²) in [5.41, 5.74) is 19.8. The van der Waals surface area contributed by atoms with E-state index in [9.17, 15) is 19.5 Å². The van der Waals surface area contributed by atoms with E-state index in [-0.39, 0.29) is 24.7 Å². The Morgan fingerprint density at radius 3 is 1.63 bits per heavy atom. The standard InChI is InChI=1S/C27H23N5O2.C25H26N6O3/c28-27-23-15-20(9-10-24(23)31-32-27)21-11-12-29-25(16-21)30-26(33)14-19-7-4-8-22(13-19)34-17-18-5-2-1-3-6-18;1-25(2,3)31(24(33)34)18-6-4-5-15(11-18)12-22(32)28-21-14-17(9-10-27-21)16-7-8-20-19(13-16)23(26)30-29-20/h1-13,15-16H,14,17H2,(H3,28,31,32)(H,29,30,33);4-11,13-14H,12H2,1-3H3,(H,33,34)(H3,26,29,30)(H,27,28,32). The molecule has 0 radical (unpaired) electrons. The number of benzene rings is 5. The summed E-state index contributed by atoms with van der Waals surface area (Å²) in [6, 6.07) is 43.5. The van der Waals surface area contributed by atoms with Crippen molar-refractivity contribution in [3.05, 3.63) is 169 Å². The highest BCUT2D eigenvalue weighted by molar-refractivity contribution is 5.96. The fourth-order valence-electron chi connectivity index (χ4n) is 7.61. The molecule has 0 unspecified atom stereocenters. The fraction of sp³-hybridized carbons (Fsp3) is 0.135. The zero-order valence-electron chi connectivity index (χ0n) is 37.5. The molecule has 0 atom stereocenters. The van der Waals surface area contributed by atoms with Gasteiger partial charge in [0.25, 0.3) is 0 Å². The topological polar surface area (TPSA) is 243 Å². The minimum absolute atomic E-state index is 0.0782. The number of aromatic nitrogens is 6. The zero-order chi connectivity index (χ0) is 47.8. The van der Waals surface area contributed by atoms with Crippen molar-refractivity contribution in [1.82, 2.24) is 30.4 Å².